The molecule has 0 N–H and O–H groups in total. The molecule has 6 aliphatic carbocycles. The molecule has 6 aliphatic rings. The van der Waals surface area contributed by atoms with Crippen LogP contribution in [0.3, 0.4) is 0 Å². The Bertz CT molecular complexity index is 1050. The van der Waals surface area contributed by atoms with E-state index < -0.39 is 16.5 Å². The molecule has 0 aromatic carbocycles. The first-order valence-corrected chi connectivity index (χ1v) is 33.5. The molecule has 2 radical (unpaired) electrons. The molecule has 66 heavy (non-hydrogen) atoms. The molecular formula is C60H124N2Si2Ti2. The number of fused-ring (bicyclic) bond motifs is 4. The zero-order valence-electron chi connectivity index (χ0n) is 50.0. The van der Waals surface area contributed by atoms with Crippen LogP contribution in [-0.2, 0) is 43.4 Å². The van der Waals surface area contributed by atoms with Crippen molar-refractivity contribution in [3.8, 4) is 0 Å². The molecule has 0 aromatic heterocycles. The Labute approximate surface area is 454 Å². The fourth-order valence-corrected chi connectivity index (χ4v) is 23.8. The summed E-state index contributed by atoms with van der Waals surface area (Å²) in [5.74, 6) is 10.3. The molecule has 0 aromatic rings. The standard InChI is InChI=1S/2C19H36NSi.2C6H11.4C2H6.2CH3.2Ti/c2*1-13-10-16-11-14-8-7-9-15(14)12-17(16)18(13)21(5,6)20-19(2,3)4;2*1-3-5-6-4-2;4*1-2;;;;/h2*13-18H,7-12H2,1-6H3;3-5H,6H2,1-2H3;3,6H,1,4-5H2,2H3;4*1-2H3;2*1H3;;/q4*-1;;;;;2*-1;2*+3/b;;5-3+;;;;;;;;;. The first-order valence-electron chi connectivity index (χ1n) is 27.5. The van der Waals surface area contributed by atoms with E-state index in [1.54, 1.807) is 38.5 Å². The summed E-state index contributed by atoms with van der Waals surface area (Å²) in [6, 6.07) is 0. The van der Waals surface area contributed by atoms with Crippen LogP contribution in [0, 0.1) is 86.9 Å². The van der Waals surface area contributed by atoms with E-state index in [-0.39, 0.29) is 69.4 Å². The molecule has 6 rings (SSSR count). The van der Waals surface area contributed by atoms with Crippen molar-refractivity contribution in [2.75, 3.05) is 0 Å². The summed E-state index contributed by atoms with van der Waals surface area (Å²) in [6.07, 6.45) is 32.2. The molecule has 6 heteroatoms. The Morgan fingerprint density at radius 3 is 1.11 bits per heavy atom. The minimum atomic E-state index is -1.50. The van der Waals surface area contributed by atoms with Gasteiger partial charge in [-0.15, -0.1) is 29.8 Å². The molecule has 12 unspecified atom stereocenters. The third-order valence-corrected chi connectivity index (χ3v) is 22.6. The predicted octanol–water partition coefficient (Wildman–Crippen LogP) is 21.8. The molecule has 0 bridgehead atoms. The number of unbranched alkanes of at least 4 members (excludes halogenated alkanes) is 3. The second-order valence-corrected chi connectivity index (χ2v) is 30.9. The summed E-state index contributed by atoms with van der Waals surface area (Å²) in [6.45, 7) is 54.9. The quantitative estimate of drug-likeness (QED) is 0.0953. The summed E-state index contributed by atoms with van der Waals surface area (Å²) in [5.41, 5.74) is 2.20. The van der Waals surface area contributed by atoms with Gasteiger partial charge in [0.05, 0.1) is 0 Å². The van der Waals surface area contributed by atoms with Crippen molar-refractivity contribution in [1.82, 2.24) is 0 Å². The van der Waals surface area contributed by atoms with E-state index in [1.807, 2.05) is 68.4 Å². The van der Waals surface area contributed by atoms with E-state index in [9.17, 15) is 0 Å². The Morgan fingerprint density at radius 1 is 0.561 bits per heavy atom. The molecule has 0 spiro atoms. The predicted molar refractivity (Wildman–Crippen MR) is 307 cm³/mol. The summed E-state index contributed by atoms with van der Waals surface area (Å²) in [7, 11) is -2.99. The topological polar surface area (TPSA) is 28.2 Å². The summed E-state index contributed by atoms with van der Waals surface area (Å²) >= 11 is 0. The van der Waals surface area contributed by atoms with Crippen LogP contribution < -0.4 is 0 Å². The number of nitrogens with zero attached hydrogens (tertiary/aromatic N) is 2. The maximum Gasteiger partial charge on any atom is 3.00 e. The minimum absolute atomic E-state index is 0. The van der Waals surface area contributed by atoms with Crippen molar-refractivity contribution >= 4 is 16.5 Å². The maximum atomic E-state index is 5.39. The maximum absolute atomic E-state index is 5.39. The van der Waals surface area contributed by atoms with Gasteiger partial charge in [-0.05, 0) is 105 Å². The van der Waals surface area contributed by atoms with E-state index in [4.69, 9.17) is 9.96 Å². The number of rotatable bonds is 9. The van der Waals surface area contributed by atoms with Gasteiger partial charge in [-0.25, -0.2) is 0 Å². The molecule has 2 nitrogen and oxygen atoms in total. The third kappa shape index (κ3) is 27.4. The summed E-state index contributed by atoms with van der Waals surface area (Å²) in [4.78, 5) is 10.8. The minimum Gasteiger partial charge on any atom is -0.660 e. The number of allylic oxidation sites excluding steroid dienone is 3. The van der Waals surface area contributed by atoms with E-state index >= 15 is 0 Å². The average molecular weight is 1030 g/mol. The van der Waals surface area contributed by atoms with Crippen LogP contribution in [-0.4, -0.2) is 27.5 Å². The number of hydrogen-bond donors (Lipinski definition) is 0. The van der Waals surface area contributed by atoms with Gasteiger partial charge in [-0.2, -0.15) is 26.2 Å². The van der Waals surface area contributed by atoms with Gasteiger partial charge >= 0.3 is 43.4 Å². The largest absolute Gasteiger partial charge is 3.00 e. The van der Waals surface area contributed by atoms with Gasteiger partial charge in [0.15, 0.2) is 0 Å². The van der Waals surface area contributed by atoms with E-state index in [2.05, 4.69) is 127 Å². The van der Waals surface area contributed by atoms with Gasteiger partial charge in [0, 0.05) is 0 Å². The Morgan fingerprint density at radius 2 is 0.879 bits per heavy atom. The van der Waals surface area contributed by atoms with Crippen molar-refractivity contribution in [1.29, 1.82) is 0 Å². The van der Waals surface area contributed by atoms with Gasteiger partial charge < -0.3 is 37.7 Å². The molecule has 0 aliphatic heterocycles. The van der Waals surface area contributed by atoms with Crippen molar-refractivity contribution < 1.29 is 43.4 Å². The SMILES string of the molecule is C/C=C/C[CH-]C.C=CC[CH-]CC.CC.CC.CC.CC.CC1CC2CC3CCCC3CC2C1[Si](C)(C)[N-]C(C)(C)C.CC1CC2CC3CCCC3CC2C1[Si](C)(C)[N-]C(C)(C)C.[CH3-].[CH3-].[Ti+3].[Ti+3]. The van der Waals surface area contributed by atoms with Crippen LogP contribution in [0.2, 0.25) is 37.3 Å². The van der Waals surface area contributed by atoms with Crippen molar-refractivity contribution in [3.05, 3.63) is 62.5 Å². The van der Waals surface area contributed by atoms with E-state index in [0.717, 1.165) is 89.5 Å². The second kappa shape index (κ2) is 40.7. The van der Waals surface area contributed by atoms with Crippen LogP contribution in [0.25, 0.3) is 9.96 Å². The zero-order chi connectivity index (χ0) is 48.5. The van der Waals surface area contributed by atoms with Crippen LogP contribution in [0.15, 0.2) is 24.8 Å². The normalized spacial score (nSPS) is 29.9. The van der Waals surface area contributed by atoms with Crippen molar-refractivity contribution in [2.24, 2.45) is 59.2 Å². The van der Waals surface area contributed by atoms with E-state index in [1.165, 1.54) is 38.5 Å². The van der Waals surface area contributed by atoms with Gasteiger partial charge in [0.2, 0.25) is 0 Å². The molecule has 6 fully saturated rings. The smallest absolute Gasteiger partial charge is 0.660 e. The van der Waals surface area contributed by atoms with Crippen molar-refractivity contribution in [3.63, 3.8) is 0 Å². The van der Waals surface area contributed by atoms with Crippen molar-refractivity contribution in [2.45, 2.75) is 276 Å². The fraction of sp³-hybridized carbons (Fsp3) is 0.867. The molecule has 0 saturated heterocycles. The Kier molecular flexibility index (Phi) is 48.5. The molecule has 0 amide bonds. The van der Waals surface area contributed by atoms with Crippen LogP contribution >= 0.6 is 0 Å². The molecule has 6 saturated carbocycles. The monoisotopic (exact) mass is 1020 g/mol. The molecule has 390 valence electrons. The first-order chi connectivity index (χ1) is 29.2. The van der Waals surface area contributed by atoms with Gasteiger partial charge in [-0.3, -0.25) is 0 Å². The first kappa shape index (κ1) is 78.7. The second-order valence-electron chi connectivity index (χ2n) is 22.5. The van der Waals surface area contributed by atoms with E-state index in [0.29, 0.717) is 0 Å². The Hall–Kier alpha value is 1.26. The third-order valence-electron chi connectivity index (χ3n) is 14.8. The fourth-order valence-electron chi connectivity index (χ4n) is 14.1. The molecule has 12 atom stereocenters. The zero-order valence-corrected chi connectivity index (χ0v) is 55.1. The summed E-state index contributed by atoms with van der Waals surface area (Å²) in [5, 5.41) is 0. The van der Waals surface area contributed by atoms with Crippen LogP contribution in [0.5, 0.6) is 0 Å². The number of hydrogen-bond acceptors (Lipinski definition) is 0. The van der Waals surface area contributed by atoms with Gasteiger partial charge in [0.1, 0.15) is 0 Å². The Balaban J connectivity index is -0.000000188. The van der Waals surface area contributed by atoms with Crippen LogP contribution in [0.1, 0.15) is 228 Å². The van der Waals surface area contributed by atoms with Crippen LogP contribution in [0.4, 0.5) is 0 Å². The van der Waals surface area contributed by atoms with Gasteiger partial charge in [0.25, 0.3) is 0 Å². The molecular weight excluding hydrogens is 901 g/mol. The average Bonchev–Trinajstić information content (AvgIpc) is 4.00. The van der Waals surface area contributed by atoms with Gasteiger partial charge in [-0.1, -0.05) is 216 Å². The summed E-state index contributed by atoms with van der Waals surface area (Å²) < 4.78 is 0. The molecule has 0 heterocycles.